The van der Waals surface area contributed by atoms with Gasteiger partial charge in [-0.3, -0.25) is 4.90 Å². The summed E-state index contributed by atoms with van der Waals surface area (Å²) in [5.74, 6) is 0. The molecule has 1 rings (SSSR count). The lowest BCUT2D eigenvalue weighted by Crippen LogP contribution is -2.60. The fraction of sp³-hybridized carbons (Fsp3) is 1.00. The van der Waals surface area contributed by atoms with Crippen LogP contribution in [0.4, 0.5) is 4.39 Å². The van der Waals surface area contributed by atoms with Crippen LogP contribution in [-0.2, 0) is 4.74 Å². The highest BCUT2D eigenvalue weighted by atomic mass is 19.1. The zero-order chi connectivity index (χ0) is 12.0. The second-order valence-electron chi connectivity index (χ2n) is 5.36. The van der Waals surface area contributed by atoms with Gasteiger partial charge in [-0.25, -0.2) is 4.39 Å². The smallest absolute Gasteiger partial charge is 0.113 e. The van der Waals surface area contributed by atoms with Crippen LogP contribution in [0, 0.1) is 0 Å². The Labute approximate surface area is 99.2 Å². The molecule has 1 saturated heterocycles. The van der Waals surface area contributed by atoms with Gasteiger partial charge in [0.15, 0.2) is 0 Å². The van der Waals surface area contributed by atoms with Gasteiger partial charge in [-0.2, -0.15) is 0 Å². The largest absolute Gasteiger partial charge is 0.373 e. The minimum absolute atomic E-state index is 0.259. The number of alkyl halides is 1. The van der Waals surface area contributed by atoms with Gasteiger partial charge in [0.1, 0.15) is 6.67 Å². The number of hydrogen-bond acceptors (Lipinski definition) is 2. The molecule has 1 aliphatic heterocycles. The number of nitrogens with zero attached hydrogens (tertiary/aromatic N) is 1. The molecule has 0 saturated carbocycles. The first-order valence-electron chi connectivity index (χ1n) is 6.52. The van der Waals surface area contributed by atoms with Crippen LogP contribution in [0.5, 0.6) is 0 Å². The van der Waals surface area contributed by atoms with Crippen LogP contribution in [0.1, 0.15) is 46.5 Å². The second kappa shape index (κ2) is 6.55. The number of hydrogen-bond donors (Lipinski definition) is 0. The summed E-state index contributed by atoms with van der Waals surface area (Å²) in [6.45, 7) is 8.67. The van der Waals surface area contributed by atoms with Gasteiger partial charge in [0.05, 0.1) is 12.7 Å². The molecule has 0 N–H and O–H groups in total. The molecule has 1 heterocycles. The number of ether oxygens (including phenoxy) is 1. The lowest BCUT2D eigenvalue weighted by molar-refractivity contribution is -0.0970. The molecule has 3 heteroatoms. The molecule has 1 fully saturated rings. The normalized spacial score (nSPS) is 18.8. The molecule has 96 valence electrons. The van der Waals surface area contributed by atoms with Crippen LogP contribution in [0.25, 0.3) is 0 Å². The number of rotatable bonds is 8. The minimum Gasteiger partial charge on any atom is -0.373 e. The fourth-order valence-corrected chi connectivity index (χ4v) is 2.21. The summed E-state index contributed by atoms with van der Waals surface area (Å²) in [7, 11) is 0. The van der Waals surface area contributed by atoms with Crippen molar-refractivity contribution in [1.29, 1.82) is 0 Å². The highest BCUT2D eigenvalue weighted by Gasteiger charge is 2.37. The molecular formula is C13H26FNO. The summed E-state index contributed by atoms with van der Waals surface area (Å²) in [6.07, 6.45) is 5.41. The van der Waals surface area contributed by atoms with E-state index in [0.29, 0.717) is 0 Å². The van der Waals surface area contributed by atoms with E-state index in [0.717, 1.165) is 13.1 Å². The van der Waals surface area contributed by atoms with E-state index in [1.807, 2.05) is 0 Å². The average Bonchev–Trinajstić information content (AvgIpc) is 2.15. The quantitative estimate of drug-likeness (QED) is 0.595. The SMILES string of the molecule is CCCCCC(C)(C)N1CC(OCCF)C1. The van der Waals surface area contributed by atoms with Crippen LogP contribution in [-0.4, -0.2) is 42.9 Å². The van der Waals surface area contributed by atoms with Crippen molar-refractivity contribution in [3.8, 4) is 0 Å². The van der Waals surface area contributed by atoms with Crippen LogP contribution in [0.2, 0.25) is 0 Å². The van der Waals surface area contributed by atoms with E-state index < -0.39 is 0 Å². The van der Waals surface area contributed by atoms with Crippen LogP contribution in [0.15, 0.2) is 0 Å². The van der Waals surface area contributed by atoms with E-state index in [2.05, 4.69) is 25.7 Å². The Morgan fingerprint density at radius 2 is 2.00 bits per heavy atom. The van der Waals surface area contributed by atoms with E-state index in [4.69, 9.17) is 4.74 Å². The van der Waals surface area contributed by atoms with Crippen molar-refractivity contribution in [3.63, 3.8) is 0 Å². The van der Waals surface area contributed by atoms with Gasteiger partial charge < -0.3 is 4.74 Å². The van der Waals surface area contributed by atoms with Crippen molar-refractivity contribution < 1.29 is 9.13 Å². The van der Waals surface area contributed by atoms with Gasteiger partial charge in [-0.1, -0.05) is 26.2 Å². The molecule has 0 bridgehead atoms. The van der Waals surface area contributed by atoms with Crippen molar-refractivity contribution in [3.05, 3.63) is 0 Å². The first-order chi connectivity index (χ1) is 7.60. The summed E-state index contributed by atoms with van der Waals surface area (Å²) >= 11 is 0. The molecule has 0 atom stereocenters. The maximum absolute atomic E-state index is 11.9. The molecule has 0 aromatic rings. The Balaban J connectivity index is 2.16. The van der Waals surface area contributed by atoms with Crippen LogP contribution in [0.3, 0.4) is 0 Å². The Hall–Kier alpha value is -0.150. The zero-order valence-corrected chi connectivity index (χ0v) is 11.0. The van der Waals surface area contributed by atoms with E-state index >= 15 is 0 Å². The standard InChI is InChI=1S/C13H26FNO/c1-4-5-6-7-13(2,3)15-10-12(11-15)16-9-8-14/h12H,4-11H2,1-3H3. The third kappa shape index (κ3) is 4.02. The minimum atomic E-state index is -0.365. The van der Waals surface area contributed by atoms with Crippen LogP contribution >= 0.6 is 0 Å². The zero-order valence-electron chi connectivity index (χ0n) is 11.0. The van der Waals surface area contributed by atoms with Gasteiger partial charge in [0.2, 0.25) is 0 Å². The van der Waals surface area contributed by atoms with E-state index in [9.17, 15) is 4.39 Å². The highest BCUT2D eigenvalue weighted by molar-refractivity contribution is 4.92. The molecule has 0 radical (unpaired) electrons. The molecule has 0 aromatic carbocycles. The fourth-order valence-electron chi connectivity index (χ4n) is 2.21. The van der Waals surface area contributed by atoms with Gasteiger partial charge >= 0.3 is 0 Å². The molecule has 0 spiro atoms. The number of unbranched alkanes of at least 4 members (excludes halogenated alkanes) is 2. The van der Waals surface area contributed by atoms with Crippen LogP contribution < -0.4 is 0 Å². The highest BCUT2D eigenvalue weighted by Crippen LogP contribution is 2.28. The lowest BCUT2D eigenvalue weighted by atomic mass is 9.91. The van der Waals surface area contributed by atoms with Crippen molar-refractivity contribution in [2.45, 2.75) is 58.1 Å². The predicted octanol–water partition coefficient (Wildman–Crippen LogP) is 3.02. The molecule has 0 unspecified atom stereocenters. The molecule has 2 nitrogen and oxygen atoms in total. The first kappa shape index (κ1) is 13.9. The lowest BCUT2D eigenvalue weighted by Gasteiger charge is -2.49. The summed E-state index contributed by atoms with van der Waals surface area (Å²) in [5, 5.41) is 0. The summed E-state index contributed by atoms with van der Waals surface area (Å²) in [6, 6.07) is 0. The Bertz CT molecular complexity index is 190. The van der Waals surface area contributed by atoms with Gasteiger partial charge in [-0.05, 0) is 20.3 Å². The van der Waals surface area contributed by atoms with Gasteiger partial charge in [-0.15, -0.1) is 0 Å². The molecule has 1 aliphatic rings. The van der Waals surface area contributed by atoms with Crippen molar-refractivity contribution in [1.82, 2.24) is 4.90 Å². The second-order valence-corrected chi connectivity index (χ2v) is 5.36. The predicted molar refractivity (Wildman–Crippen MR) is 65.5 cm³/mol. The maximum Gasteiger partial charge on any atom is 0.113 e. The number of likely N-dealkylation sites (tertiary alicyclic amines) is 1. The molecule has 0 amide bonds. The monoisotopic (exact) mass is 231 g/mol. The third-order valence-corrected chi connectivity index (χ3v) is 3.53. The van der Waals surface area contributed by atoms with E-state index in [1.165, 1.54) is 25.7 Å². The summed E-state index contributed by atoms with van der Waals surface area (Å²) < 4.78 is 17.3. The van der Waals surface area contributed by atoms with E-state index in [-0.39, 0.29) is 24.9 Å². The van der Waals surface area contributed by atoms with Crippen molar-refractivity contribution >= 4 is 0 Å². The average molecular weight is 231 g/mol. The van der Waals surface area contributed by atoms with Gasteiger partial charge in [0, 0.05) is 18.6 Å². The Morgan fingerprint density at radius 3 is 2.56 bits per heavy atom. The molecule has 16 heavy (non-hydrogen) atoms. The summed E-state index contributed by atoms with van der Waals surface area (Å²) in [5.41, 5.74) is 0.282. The molecule has 0 aromatic heterocycles. The van der Waals surface area contributed by atoms with E-state index in [1.54, 1.807) is 0 Å². The molecular weight excluding hydrogens is 205 g/mol. The number of halogens is 1. The van der Waals surface area contributed by atoms with Gasteiger partial charge in [0.25, 0.3) is 0 Å². The first-order valence-corrected chi connectivity index (χ1v) is 6.52. The topological polar surface area (TPSA) is 12.5 Å². The summed E-state index contributed by atoms with van der Waals surface area (Å²) in [4.78, 5) is 2.45. The molecule has 0 aliphatic carbocycles. The third-order valence-electron chi connectivity index (χ3n) is 3.53. The van der Waals surface area contributed by atoms with Crippen molar-refractivity contribution in [2.24, 2.45) is 0 Å². The van der Waals surface area contributed by atoms with Crippen molar-refractivity contribution in [2.75, 3.05) is 26.4 Å². The Morgan fingerprint density at radius 1 is 1.31 bits per heavy atom. The maximum atomic E-state index is 11.9. The Kier molecular flexibility index (Phi) is 5.70.